The number of halogens is 1. The number of thiophene rings is 1. The molecule has 0 aliphatic heterocycles. The molecule has 0 bridgehead atoms. The number of hydrogen-bond acceptors (Lipinski definition) is 4. The largest absolute Gasteiger partial charge is 0.490 e. The van der Waals surface area contributed by atoms with Crippen molar-refractivity contribution >= 4 is 28.7 Å². The molecule has 2 aromatic rings. The molecule has 0 amide bonds. The Balaban J connectivity index is 2.46. The third kappa shape index (κ3) is 3.39. The van der Waals surface area contributed by atoms with Gasteiger partial charge < -0.3 is 9.47 Å². The van der Waals surface area contributed by atoms with Crippen LogP contribution in [0.1, 0.15) is 34.6 Å². The van der Waals surface area contributed by atoms with Gasteiger partial charge in [-0.15, -0.1) is 11.3 Å². The molecule has 0 spiro atoms. The summed E-state index contributed by atoms with van der Waals surface area (Å²) in [6.07, 6.45) is 0. The lowest BCUT2D eigenvalue weighted by Crippen LogP contribution is -2.05. The maximum absolute atomic E-state index is 12.6. The molecule has 1 aromatic heterocycles. The van der Waals surface area contributed by atoms with Crippen LogP contribution >= 0.6 is 22.9 Å². The molecule has 3 nitrogen and oxygen atoms in total. The molecular formula is C16H17ClO3S. The number of hydrogen-bond donors (Lipinski definition) is 0. The summed E-state index contributed by atoms with van der Waals surface area (Å²) in [5, 5.41) is 2.27. The lowest BCUT2D eigenvalue weighted by molar-refractivity contribution is 0.104. The Hall–Kier alpha value is -1.52. The van der Waals surface area contributed by atoms with E-state index >= 15 is 0 Å². The Morgan fingerprint density at radius 2 is 1.81 bits per heavy atom. The van der Waals surface area contributed by atoms with E-state index in [9.17, 15) is 4.79 Å². The molecule has 0 N–H and O–H groups in total. The maximum atomic E-state index is 12.6. The van der Waals surface area contributed by atoms with Crippen LogP contribution in [-0.2, 0) is 0 Å². The molecule has 0 saturated carbocycles. The van der Waals surface area contributed by atoms with E-state index in [0.29, 0.717) is 40.2 Å². The van der Waals surface area contributed by atoms with Crippen LogP contribution in [0.2, 0.25) is 5.02 Å². The van der Waals surface area contributed by atoms with Crippen LogP contribution in [-0.4, -0.2) is 19.0 Å². The molecule has 0 saturated heterocycles. The van der Waals surface area contributed by atoms with Crippen LogP contribution in [0.4, 0.5) is 0 Å². The molecule has 1 aromatic carbocycles. The zero-order valence-electron chi connectivity index (χ0n) is 12.2. The highest BCUT2D eigenvalue weighted by Gasteiger charge is 2.20. The molecule has 2 rings (SSSR count). The molecule has 0 fully saturated rings. The molecule has 5 heteroatoms. The van der Waals surface area contributed by atoms with Crippen molar-refractivity contribution in [2.45, 2.75) is 20.8 Å². The normalized spacial score (nSPS) is 10.5. The van der Waals surface area contributed by atoms with Crippen molar-refractivity contribution in [2.24, 2.45) is 0 Å². The number of carbonyl (C=O) groups excluding carboxylic acids is 1. The molecule has 1 heterocycles. The van der Waals surface area contributed by atoms with Crippen LogP contribution in [0.25, 0.3) is 0 Å². The predicted octanol–water partition coefficient (Wildman–Crippen LogP) is 4.74. The van der Waals surface area contributed by atoms with Gasteiger partial charge in [-0.25, -0.2) is 0 Å². The SMILES string of the molecule is CCOc1cc(Cl)c(C(=O)c2sccc2C)cc1OCC. The molecule has 21 heavy (non-hydrogen) atoms. The van der Waals surface area contributed by atoms with Crippen molar-refractivity contribution in [3.8, 4) is 11.5 Å². The number of ether oxygens (including phenoxy) is 2. The Morgan fingerprint density at radius 1 is 1.19 bits per heavy atom. The Kier molecular flexibility index (Phi) is 5.26. The van der Waals surface area contributed by atoms with E-state index < -0.39 is 0 Å². The Labute approximate surface area is 133 Å². The summed E-state index contributed by atoms with van der Waals surface area (Å²) in [5.41, 5.74) is 1.39. The second-order valence-corrected chi connectivity index (χ2v) is 5.73. The van der Waals surface area contributed by atoms with E-state index in [0.717, 1.165) is 5.56 Å². The number of aryl methyl sites for hydroxylation is 1. The van der Waals surface area contributed by atoms with E-state index in [4.69, 9.17) is 21.1 Å². The summed E-state index contributed by atoms with van der Waals surface area (Å²) >= 11 is 7.66. The van der Waals surface area contributed by atoms with Gasteiger partial charge in [0.25, 0.3) is 0 Å². The molecule has 0 aliphatic carbocycles. The van der Waals surface area contributed by atoms with Gasteiger partial charge in [-0.2, -0.15) is 0 Å². The first-order valence-electron chi connectivity index (χ1n) is 6.76. The topological polar surface area (TPSA) is 35.5 Å². The van der Waals surface area contributed by atoms with Crippen molar-refractivity contribution in [3.63, 3.8) is 0 Å². The fourth-order valence-electron chi connectivity index (χ4n) is 1.97. The molecule has 0 radical (unpaired) electrons. The summed E-state index contributed by atoms with van der Waals surface area (Å²) in [6.45, 7) is 6.68. The third-order valence-electron chi connectivity index (χ3n) is 2.95. The number of ketones is 1. The van der Waals surface area contributed by atoms with E-state index in [-0.39, 0.29) is 5.78 Å². The fourth-order valence-corrected chi connectivity index (χ4v) is 3.09. The second kappa shape index (κ2) is 6.96. The van der Waals surface area contributed by atoms with Gasteiger partial charge in [0.05, 0.1) is 23.1 Å². The summed E-state index contributed by atoms with van der Waals surface area (Å²) in [4.78, 5) is 13.3. The zero-order valence-corrected chi connectivity index (χ0v) is 13.8. The summed E-state index contributed by atoms with van der Waals surface area (Å²) < 4.78 is 11.1. The minimum Gasteiger partial charge on any atom is -0.490 e. The van der Waals surface area contributed by atoms with Crippen molar-refractivity contribution in [3.05, 3.63) is 44.6 Å². The smallest absolute Gasteiger partial charge is 0.204 e. The maximum Gasteiger partial charge on any atom is 0.204 e. The van der Waals surface area contributed by atoms with Crippen LogP contribution in [0.5, 0.6) is 11.5 Å². The third-order valence-corrected chi connectivity index (χ3v) is 4.27. The average molecular weight is 325 g/mol. The summed E-state index contributed by atoms with van der Waals surface area (Å²) in [6, 6.07) is 5.23. The van der Waals surface area contributed by atoms with Crippen molar-refractivity contribution in [1.82, 2.24) is 0 Å². The van der Waals surface area contributed by atoms with Gasteiger partial charge in [-0.3, -0.25) is 4.79 Å². The first kappa shape index (κ1) is 15.9. The molecule has 0 atom stereocenters. The quantitative estimate of drug-likeness (QED) is 0.720. The van der Waals surface area contributed by atoms with Crippen molar-refractivity contribution in [2.75, 3.05) is 13.2 Å². The number of benzene rings is 1. The van der Waals surface area contributed by atoms with Gasteiger partial charge in [0.2, 0.25) is 5.78 Å². The standard InChI is InChI=1S/C16H17ClO3S/c1-4-19-13-8-11(12(17)9-14(13)20-5-2)15(18)16-10(3)6-7-21-16/h6-9H,4-5H2,1-3H3. The van der Waals surface area contributed by atoms with E-state index in [2.05, 4.69) is 0 Å². The van der Waals surface area contributed by atoms with Gasteiger partial charge in [-0.1, -0.05) is 11.6 Å². The van der Waals surface area contributed by atoms with Gasteiger partial charge in [0.1, 0.15) is 0 Å². The Morgan fingerprint density at radius 3 is 2.33 bits per heavy atom. The molecular weight excluding hydrogens is 308 g/mol. The van der Waals surface area contributed by atoms with Crippen LogP contribution < -0.4 is 9.47 Å². The van der Waals surface area contributed by atoms with Crippen LogP contribution in [0.15, 0.2) is 23.6 Å². The fraction of sp³-hybridized carbons (Fsp3) is 0.312. The van der Waals surface area contributed by atoms with Crippen molar-refractivity contribution in [1.29, 1.82) is 0 Å². The molecule has 112 valence electrons. The Bertz CT molecular complexity index is 649. The first-order valence-corrected chi connectivity index (χ1v) is 8.02. The highest BCUT2D eigenvalue weighted by molar-refractivity contribution is 7.12. The van der Waals surface area contributed by atoms with E-state index in [1.54, 1.807) is 12.1 Å². The summed E-state index contributed by atoms with van der Waals surface area (Å²) in [5.74, 6) is 1.02. The highest BCUT2D eigenvalue weighted by atomic mass is 35.5. The van der Waals surface area contributed by atoms with Crippen LogP contribution in [0.3, 0.4) is 0 Å². The lowest BCUT2D eigenvalue weighted by Gasteiger charge is -2.13. The second-order valence-electron chi connectivity index (χ2n) is 4.41. The number of rotatable bonds is 6. The first-order chi connectivity index (χ1) is 10.1. The minimum absolute atomic E-state index is 0.0866. The van der Waals surface area contributed by atoms with Gasteiger partial charge in [0, 0.05) is 11.6 Å². The average Bonchev–Trinajstić information content (AvgIpc) is 2.87. The zero-order chi connectivity index (χ0) is 15.4. The lowest BCUT2D eigenvalue weighted by atomic mass is 10.1. The molecule has 0 aliphatic rings. The van der Waals surface area contributed by atoms with E-state index in [1.165, 1.54) is 11.3 Å². The van der Waals surface area contributed by atoms with Crippen molar-refractivity contribution < 1.29 is 14.3 Å². The summed E-state index contributed by atoms with van der Waals surface area (Å²) in [7, 11) is 0. The van der Waals surface area contributed by atoms with E-state index in [1.807, 2.05) is 32.2 Å². The van der Waals surface area contributed by atoms with Gasteiger partial charge >= 0.3 is 0 Å². The highest BCUT2D eigenvalue weighted by Crippen LogP contribution is 2.35. The van der Waals surface area contributed by atoms with Gasteiger partial charge in [0.15, 0.2) is 11.5 Å². The minimum atomic E-state index is -0.0866. The molecule has 0 unspecified atom stereocenters. The predicted molar refractivity (Wildman–Crippen MR) is 86.3 cm³/mol. The monoisotopic (exact) mass is 324 g/mol. The number of carbonyl (C=O) groups is 1. The van der Waals surface area contributed by atoms with Gasteiger partial charge in [-0.05, 0) is 43.8 Å². The van der Waals surface area contributed by atoms with Crippen LogP contribution in [0, 0.1) is 6.92 Å².